The summed E-state index contributed by atoms with van der Waals surface area (Å²) in [6.45, 7) is 9.06. The Kier molecular flexibility index (Phi) is 5.75. The van der Waals surface area contributed by atoms with E-state index < -0.39 is 14.0 Å². The van der Waals surface area contributed by atoms with Gasteiger partial charge in [-0.15, -0.1) is 35.1 Å². The van der Waals surface area contributed by atoms with Crippen LogP contribution in [0.25, 0.3) is 11.1 Å². The molecule has 7 nitrogen and oxygen atoms in total. The van der Waals surface area contributed by atoms with Gasteiger partial charge in [0.25, 0.3) is 0 Å². The molecule has 2 aromatic heterocycles. The second kappa shape index (κ2) is 10.8. The van der Waals surface area contributed by atoms with Gasteiger partial charge in [-0.1, -0.05) is 17.7 Å². The van der Waals surface area contributed by atoms with Gasteiger partial charge < -0.3 is 31.4 Å². The third-order valence-corrected chi connectivity index (χ3v) is 6.29. The number of fused-ring (bicyclic) bond motifs is 2. The van der Waals surface area contributed by atoms with Gasteiger partial charge in [-0.25, -0.2) is 9.97 Å². The predicted molar refractivity (Wildman–Crippen MR) is 148 cm³/mol. The van der Waals surface area contributed by atoms with Crippen molar-refractivity contribution in [2.45, 2.75) is 20.8 Å². The zero-order valence-corrected chi connectivity index (χ0v) is 23.1. The molecule has 2 aliphatic heterocycles. The SMILES string of the molecule is [2H]C([2H])([2H])N1[CH-]N(c2[c-]c(N3[CH-]N(C([2H])([2H])[2H])c4cccnc43)cc(-c3c(C)cc(C)cc3C)c2)c2ncccc21.[C-]#N.[Pt+4]. The molecule has 0 aliphatic carbocycles. The van der Waals surface area contributed by atoms with Gasteiger partial charge in [0, 0.05) is 32.0 Å². The van der Waals surface area contributed by atoms with Crippen molar-refractivity contribution in [2.24, 2.45) is 0 Å². The van der Waals surface area contributed by atoms with Crippen LogP contribution in [0.3, 0.4) is 0 Å². The zero-order valence-electron chi connectivity index (χ0n) is 26.9. The number of hydrogen-bond acceptors (Lipinski definition) is 7. The van der Waals surface area contributed by atoms with Gasteiger partial charge in [0.15, 0.2) is 0 Å². The Balaban J connectivity index is 0.00000144. The Hall–Kier alpha value is -3.88. The molecule has 6 rings (SSSR count). The van der Waals surface area contributed by atoms with Gasteiger partial charge in [0.2, 0.25) is 0 Å². The number of hydrogen-bond donors (Lipinski definition) is 0. The number of rotatable bonds is 3. The monoisotopic (exact) mass is 686 g/mol. The molecule has 0 unspecified atom stereocenters. The minimum Gasteiger partial charge on any atom is -0.512 e. The van der Waals surface area contributed by atoms with Crippen LogP contribution in [0.4, 0.5) is 34.4 Å². The molecule has 4 aromatic rings. The number of anilines is 6. The fourth-order valence-electron chi connectivity index (χ4n) is 4.92. The molecule has 2 aliphatic rings. The number of pyridine rings is 2. The summed E-state index contributed by atoms with van der Waals surface area (Å²) in [4.78, 5) is 14.8. The Morgan fingerprint density at radius 3 is 1.74 bits per heavy atom. The normalized spacial score (nSPS) is 16.4. The smallest absolute Gasteiger partial charge is 0.512 e. The van der Waals surface area contributed by atoms with Crippen LogP contribution in [0.2, 0.25) is 0 Å². The van der Waals surface area contributed by atoms with Crippen molar-refractivity contribution in [1.82, 2.24) is 9.97 Å². The molecule has 0 saturated carbocycles. The molecule has 0 amide bonds. The van der Waals surface area contributed by atoms with Crippen molar-refractivity contribution in [3.63, 3.8) is 0 Å². The average molecular weight is 687 g/mol. The van der Waals surface area contributed by atoms with E-state index in [2.05, 4.69) is 48.9 Å². The van der Waals surface area contributed by atoms with Crippen LogP contribution < -0.4 is 19.6 Å². The van der Waals surface area contributed by atoms with Crippen LogP contribution in [0.15, 0.2) is 60.9 Å². The summed E-state index contributed by atoms with van der Waals surface area (Å²) in [5.74, 6) is 0.904. The van der Waals surface area contributed by atoms with Crippen LogP contribution in [0, 0.1) is 52.0 Å². The second-order valence-corrected chi connectivity index (χ2v) is 8.82. The minimum atomic E-state index is -2.43. The van der Waals surface area contributed by atoms with Crippen LogP contribution in [0.5, 0.6) is 0 Å². The van der Waals surface area contributed by atoms with Crippen LogP contribution >= 0.6 is 0 Å². The standard InChI is InChI=1S/C29H27N6.CN.Pt/c1-19-12-20(2)27(21(3)13-19)22-14-23(34-17-32(4)25-8-6-10-30-28(25)34)16-24(15-22)35-18-33(5)26-9-7-11-31-29(26)35;1-2;/h6-15,17-18H,1-5H3;;/q-3;-1;+4/i4D3,5D3;;. The zero-order chi connectivity index (χ0) is 31.3. The van der Waals surface area contributed by atoms with Crippen molar-refractivity contribution in [3.8, 4) is 11.1 Å². The van der Waals surface area contributed by atoms with E-state index in [0.29, 0.717) is 34.4 Å². The maximum atomic E-state index is 8.09. The molecule has 2 aromatic carbocycles. The molecular weight excluding hydrogens is 653 g/mol. The number of nitrogens with zero attached hydrogens (tertiary/aromatic N) is 7. The van der Waals surface area contributed by atoms with Crippen LogP contribution in [-0.2, 0) is 21.1 Å². The molecule has 0 radical (unpaired) electrons. The summed E-state index contributed by atoms with van der Waals surface area (Å²) in [5.41, 5.74) is 7.16. The molecule has 192 valence electrons. The average Bonchev–Trinajstić information content (AvgIpc) is 3.53. The second-order valence-electron chi connectivity index (χ2n) is 8.82. The fourth-order valence-corrected chi connectivity index (χ4v) is 4.92. The van der Waals surface area contributed by atoms with Gasteiger partial charge in [-0.2, -0.15) is 13.3 Å². The van der Waals surface area contributed by atoms with Crippen LogP contribution in [0.1, 0.15) is 24.9 Å². The van der Waals surface area contributed by atoms with Crippen molar-refractivity contribution in [1.29, 1.82) is 5.26 Å². The maximum Gasteiger partial charge on any atom is 4.00 e. The van der Waals surface area contributed by atoms with E-state index in [1.807, 2.05) is 12.1 Å². The summed E-state index contributed by atoms with van der Waals surface area (Å²) in [7, 11) is 0. The van der Waals surface area contributed by atoms with E-state index in [1.165, 1.54) is 23.1 Å². The van der Waals surface area contributed by atoms with Crippen LogP contribution in [-0.4, -0.2) is 23.9 Å². The fraction of sp³-hybridized carbons (Fsp3) is 0.167. The Morgan fingerprint density at radius 1 is 0.816 bits per heavy atom. The van der Waals surface area contributed by atoms with E-state index in [-0.39, 0.29) is 21.1 Å². The molecule has 0 atom stereocenters. The largest absolute Gasteiger partial charge is 4.00 e. The molecule has 38 heavy (non-hydrogen) atoms. The molecule has 8 heteroatoms. The van der Waals surface area contributed by atoms with Crippen molar-refractivity contribution in [2.75, 3.05) is 33.6 Å². The molecule has 4 heterocycles. The van der Waals surface area contributed by atoms with E-state index in [9.17, 15) is 0 Å². The van der Waals surface area contributed by atoms with Gasteiger partial charge in [-0.05, 0) is 75.7 Å². The summed E-state index contributed by atoms with van der Waals surface area (Å²) in [6.07, 6.45) is 3.23. The summed E-state index contributed by atoms with van der Waals surface area (Å²) in [6, 6.07) is 18.4. The molecule has 0 bridgehead atoms. The van der Waals surface area contributed by atoms with Crippen molar-refractivity contribution < 1.29 is 29.3 Å². The number of aryl methyl sites for hydroxylation is 3. The Bertz CT molecular complexity index is 1590. The van der Waals surface area contributed by atoms with Crippen molar-refractivity contribution >= 4 is 34.4 Å². The van der Waals surface area contributed by atoms with E-state index in [0.717, 1.165) is 27.8 Å². The van der Waals surface area contributed by atoms with Gasteiger partial charge in [0.05, 0.1) is 0 Å². The van der Waals surface area contributed by atoms with E-state index in [4.69, 9.17) is 20.1 Å². The molecular formula is C30H27N7Pt. The Labute approximate surface area is 247 Å². The molecule has 0 fully saturated rings. The first kappa shape index (κ1) is 20.1. The van der Waals surface area contributed by atoms with Gasteiger partial charge in [-0.3, -0.25) is 0 Å². The molecule has 0 saturated heterocycles. The summed E-state index contributed by atoms with van der Waals surface area (Å²) >= 11 is 0. The predicted octanol–water partition coefficient (Wildman–Crippen LogP) is 6.38. The van der Waals surface area contributed by atoms with E-state index in [1.54, 1.807) is 46.5 Å². The summed E-state index contributed by atoms with van der Waals surface area (Å²) < 4.78 is 48.5. The van der Waals surface area contributed by atoms with Gasteiger partial charge >= 0.3 is 21.1 Å². The van der Waals surface area contributed by atoms with E-state index >= 15 is 0 Å². The first-order chi connectivity index (χ1) is 20.3. The quantitative estimate of drug-likeness (QED) is 0.232. The topological polar surface area (TPSA) is 62.5 Å². The first-order valence-electron chi connectivity index (χ1n) is 14.5. The third-order valence-electron chi connectivity index (χ3n) is 6.29. The number of benzene rings is 2. The van der Waals surface area contributed by atoms with Crippen molar-refractivity contribution in [3.05, 3.63) is 104 Å². The minimum absolute atomic E-state index is 0. The first-order valence-corrected chi connectivity index (χ1v) is 11.5. The maximum absolute atomic E-state index is 8.09. The molecule has 0 N–H and O–H groups in total. The molecule has 0 spiro atoms. The van der Waals surface area contributed by atoms with Gasteiger partial charge in [0.1, 0.15) is 11.6 Å². The number of aromatic nitrogens is 2. The Morgan fingerprint density at radius 2 is 1.29 bits per heavy atom. The summed E-state index contributed by atoms with van der Waals surface area (Å²) in [5, 5.41) is 6.25. The third kappa shape index (κ3) is 4.61.